The second-order valence-electron chi connectivity index (χ2n) is 6.66. The molecule has 0 radical (unpaired) electrons. The molecule has 0 bridgehead atoms. The fourth-order valence-corrected chi connectivity index (χ4v) is 3.91. The standard InChI is InChI=1S/C23H19BrO3/c1-3-26-22(25)19-14-23(2,16-7-5-4-6-8-16)27-20-12-9-15-13-17(24)10-11-18(15)21(19)20/h4-14H,3H2,1-2H3. The van der Waals surface area contributed by atoms with Gasteiger partial charge in [-0.25, -0.2) is 4.79 Å². The van der Waals surface area contributed by atoms with Crippen LogP contribution >= 0.6 is 15.9 Å². The molecule has 3 aromatic carbocycles. The zero-order valence-electron chi connectivity index (χ0n) is 15.2. The lowest BCUT2D eigenvalue weighted by atomic mass is 9.86. The molecule has 1 heterocycles. The van der Waals surface area contributed by atoms with Gasteiger partial charge in [-0.3, -0.25) is 0 Å². The minimum atomic E-state index is -0.751. The first-order chi connectivity index (χ1) is 13.0. The number of carbonyl (C=O) groups is 1. The van der Waals surface area contributed by atoms with Crippen molar-refractivity contribution in [1.82, 2.24) is 0 Å². The van der Waals surface area contributed by atoms with Crippen molar-refractivity contribution in [2.45, 2.75) is 19.4 Å². The Bertz CT molecular complexity index is 1060. The minimum absolute atomic E-state index is 0.324. The zero-order chi connectivity index (χ0) is 19.0. The van der Waals surface area contributed by atoms with Crippen LogP contribution in [0.1, 0.15) is 25.0 Å². The molecule has 0 aromatic heterocycles. The van der Waals surface area contributed by atoms with E-state index in [4.69, 9.17) is 9.47 Å². The fraction of sp³-hybridized carbons (Fsp3) is 0.174. The summed E-state index contributed by atoms with van der Waals surface area (Å²) in [7, 11) is 0. The summed E-state index contributed by atoms with van der Waals surface area (Å²) in [6.07, 6.45) is 1.88. The first-order valence-corrected chi connectivity index (χ1v) is 9.68. The van der Waals surface area contributed by atoms with Crippen LogP contribution in [0.4, 0.5) is 0 Å². The van der Waals surface area contributed by atoms with Gasteiger partial charge in [0.25, 0.3) is 0 Å². The molecule has 4 heteroatoms. The Morgan fingerprint density at radius 2 is 1.89 bits per heavy atom. The molecule has 27 heavy (non-hydrogen) atoms. The highest BCUT2D eigenvalue weighted by Gasteiger charge is 2.36. The van der Waals surface area contributed by atoms with Crippen LogP contribution in [0, 0.1) is 0 Å². The van der Waals surface area contributed by atoms with Crippen molar-refractivity contribution < 1.29 is 14.3 Å². The number of rotatable bonds is 3. The molecule has 1 atom stereocenters. The molecule has 0 saturated carbocycles. The van der Waals surface area contributed by atoms with Gasteiger partial charge in [-0.1, -0.05) is 58.4 Å². The maximum atomic E-state index is 12.8. The molecule has 136 valence electrons. The number of halogens is 1. The Kier molecular flexibility index (Phi) is 4.52. The number of hydrogen-bond donors (Lipinski definition) is 0. The van der Waals surface area contributed by atoms with E-state index in [1.165, 1.54) is 0 Å². The summed E-state index contributed by atoms with van der Waals surface area (Å²) in [5.74, 6) is 0.348. The van der Waals surface area contributed by atoms with E-state index >= 15 is 0 Å². The van der Waals surface area contributed by atoms with E-state index in [2.05, 4.69) is 15.9 Å². The molecular formula is C23H19BrO3. The number of benzene rings is 3. The smallest absolute Gasteiger partial charge is 0.338 e. The predicted molar refractivity (Wildman–Crippen MR) is 111 cm³/mol. The molecule has 3 aromatic rings. The lowest BCUT2D eigenvalue weighted by Crippen LogP contribution is -2.31. The fourth-order valence-electron chi connectivity index (χ4n) is 3.53. The van der Waals surface area contributed by atoms with Crippen molar-refractivity contribution in [3.8, 4) is 5.75 Å². The van der Waals surface area contributed by atoms with Gasteiger partial charge in [-0.05, 0) is 54.5 Å². The normalized spacial score (nSPS) is 18.4. The monoisotopic (exact) mass is 422 g/mol. The quantitative estimate of drug-likeness (QED) is 0.496. The van der Waals surface area contributed by atoms with Crippen molar-refractivity contribution in [2.24, 2.45) is 0 Å². The van der Waals surface area contributed by atoms with Crippen LogP contribution in [0.25, 0.3) is 16.3 Å². The number of fused-ring (bicyclic) bond motifs is 3. The van der Waals surface area contributed by atoms with Gasteiger partial charge in [0, 0.05) is 10.0 Å². The van der Waals surface area contributed by atoms with Crippen molar-refractivity contribution >= 4 is 38.2 Å². The van der Waals surface area contributed by atoms with Gasteiger partial charge in [0.15, 0.2) is 5.60 Å². The number of esters is 1. The van der Waals surface area contributed by atoms with E-state index in [1.54, 1.807) is 0 Å². The SMILES string of the molecule is CCOC(=O)C1=CC(C)(c2ccccc2)Oc2ccc3cc(Br)ccc3c21. The average molecular weight is 423 g/mol. The van der Waals surface area contributed by atoms with Crippen molar-refractivity contribution in [2.75, 3.05) is 6.61 Å². The van der Waals surface area contributed by atoms with Crippen LogP contribution in [-0.4, -0.2) is 12.6 Å². The van der Waals surface area contributed by atoms with E-state index in [0.29, 0.717) is 17.9 Å². The molecule has 1 aliphatic rings. The van der Waals surface area contributed by atoms with Gasteiger partial charge in [0.2, 0.25) is 0 Å². The van der Waals surface area contributed by atoms with Crippen LogP contribution in [0.5, 0.6) is 5.75 Å². The third-order valence-corrected chi connectivity index (χ3v) is 5.29. The predicted octanol–water partition coefficient (Wildman–Crippen LogP) is 5.86. The summed E-state index contributed by atoms with van der Waals surface area (Å²) in [5, 5.41) is 2.00. The maximum Gasteiger partial charge on any atom is 0.338 e. The van der Waals surface area contributed by atoms with Crippen LogP contribution in [-0.2, 0) is 15.1 Å². The Morgan fingerprint density at radius 3 is 2.63 bits per heavy atom. The summed E-state index contributed by atoms with van der Waals surface area (Å²) < 4.78 is 12.8. The molecule has 1 unspecified atom stereocenters. The van der Waals surface area contributed by atoms with Crippen LogP contribution in [0.15, 0.2) is 71.2 Å². The first-order valence-electron chi connectivity index (χ1n) is 8.89. The molecule has 0 saturated heterocycles. The first kappa shape index (κ1) is 17.8. The molecule has 1 aliphatic heterocycles. The van der Waals surface area contributed by atoms with Gasteiger partial charge in [-0.2, -0.15) is 0 Å². The Hall–Kier alpha value is -2.59. The van der Waals surface area contributed by atoms with E-state index in [0.717, 1.165) is 26.4 Å². The largest absolute Gasteiger partial charge is 0.478 e. The maximum absolute atomic E-state index is 12.8. The second-order valence-corrected chi connectivity index (χ2v) is 7.57. The van der Waals surface area contributed by atoms with Gasteiger partial charge in [0.05, 0.1) is 12.2 Å². The summed E-state index contributed by atoms with van der Waals surface area (Å²) >= 11 is 3.51. The minimum Gasteiger partial charge on any atom is -0.478 e. The third kappa shape index (κ3) is 3.15. The number of ether oxygens (including phenoxy) is 2. The average Bonchev–Trinajstić information content (AvgIpc) is 2.68. The Labute approximate surface area is 166 Å². The topological polar surface area (TPSA) is 35.5 Å². The molecule has 0 fully saturated rings. The lowest BCUT2D eigenvalue weighted by molar-refractivity contribution is -0.136. The molecule has 3 nitrogen and oxygen atoms in total. The molecule has 0 N–H and O–H groups in total. The lowest BCUT2D eigenvalue weighted by Gasteiger charge is -2.34. The zero-order valence-corrected chi connectivity index (χ0v) is 16.7. The molecular weight excluding hydrogens is 404 g/mol. The van der Waals surface area contributed by atoms with Crippen LogP contribution in [0.2, 0.25) is 0 Å². The van der Waals surface area contributed by atoms with E-state index in [-0.39, 0.29) is 5.97 Å². The van der Waals surface area contributed by atoms with Crippen LogP contribution < -0.4 is 4.74 Å². The molecule has 0 aliphatic carbocycles. The summed E-state index contributed by atoms with van der Waals surface area (Å²) in [6, 6.07) is 19.8. The molecule has 0 amide bonds. The van der Waals surface area contributed by atoms with Gasteiger partial charge in [-0.15, -0.1) is 0 Å². The van der Waals surface area contributed by atoms with Gasteiger partial charge < -0.3 is 9.47 Å². The van der Waals surface area contributed by atoms with E-state index < -0.39 is 5.60 Å². The number of hydrogen-bond acceptors (Lipinski definition) is 3. The van der Waals surface area contributed by atoms with Gasteiger partial charge >= 0.3 is 5.97 Å². The Morgan fingerprint density at radius 1 is 1.11 bits per heavy atom. The van der Waals surface area contributed by atoms with Gasteiger partial charge in [0.1, 0.15) is 5.75 Å². The highest BCUT2D eigenvalue weighted by molar-refractivity contribution is 9.10. The summed E-state index contributed by atoms with van der Waals surface area (Å²) in [5.41, 5.74) is 1.55. The van der Waals surface area contributed by atoms with Crippen molar-refractivity contribution in [1.29, 1.82) is 0 Å². The number of carbonyl (C=O) groups excluding carboxylic acids is 1. The second kappa shape index (κ2) is 6.86. The highest BCUT2D eigenvalue weighted by Crippen LogP contribution is 2.44. The highest BCUT2D eigenvalue weighted by atomic mass is 79.9. The van der Waals surface area contributed by atoms with Crippen LogP contribution in [0.3, 0.4) is 0 Å². The van der Waals surface area contributed by atoms with E-state index in [1.807, 2.05) is 80.6 Å². The molecule has 4 rings (SSSR count). The summed E-state index contributed by atoms with van der Waals surface area (Å²) in [4.78, 5) is 12.8. The Balaban J connectivity index is 1.97. The summed E-state index contributed by atoms with van der Waals surface area (Å²) in [6.45, 7) is 4.11. The molecule has 0 spiro atoms. The van der Waals surface area contributed by atoms with Crippen molar-refractivity contribution in [3.63, 3.8) is 0 Å². The van der Waals surface area contributed by atoms with Crippen molar-refractivity contribution in [3.05, 3.63) is 82.3 Å². The third-order valence-electron chi connectivity index (χ3n) is 4.80. The van der Waals surface area contributed by atoms with E-state index in [9.17, 15) is 4.79 Å².